The Balaban J connectivity index is 2.14. The molecule has 1 aromatic carbocycles. The molecule has 0 saturated carbocycles. The first-order chi connectivity index (χ1) is 10.4. The minimum absolute atomic E-state index is 0.0564. The highest BCUT2D eigenvalue weighted by molar-refractivity contribution is 5.94. The molecule has 1 N–H and O–H groups in total. The van der Waals surface area contributed by atoms with Gasteiger partial charge in [-0.3, -0.25) is 9.59 Å². The number of hydrogen-bond donors (Lipinski definition) is 1. The van der Waals surface area contributed by atoms with E-state index < -0.39 is 29.5 Å². The third-order valence-corrected chi connectivity index (χ3v) is 3.89. The number of benzene rings is 1. The maximum Gasteiger partial charge on any atom is 0.229 e. The Bertz CT molecular complexity index is 580. The molecule has 0 spiro atoms. The molecule has 0 bridgehead atoms. The number of methoxy groups -OCH3 is 1. The molecule has 2 amide bonds. The van der Waals surface area contributed by atoms with E-state index >= 15 is 0 Å². The van der Waals surface area contributed by atoms with E-state index in [0.717, 1.165) is 6.07 Å². The van der Waals surface area contributed by atoms with E-state index in [4.69, 9.17) is 4.74 Å². The zero-order valence-corrected chi connectivity index (χ0v) is 12.4. The van der Waals surface area contributed by atoms with Crippen molar-refractivity contribution in [1.29, 1.82) is 0 Å². The molecule has 2 rings (SSSR count). The first kappa shape index (κ1) is 16.4. The van der Waals surface area contributed by atoms with E-state index in [1.165, 1.54) is 18.1 Å². The molecular weight excluding hydrogens is 294 g/mol. The van der Waals surface area contributed by atoms with Crippen LogP contribution in [0.15, 0.2) is 18.2 Å². The Hall–Kier alpha value is -2.02. The first-order valence-electron chi connectivity index (χ1n) is 6.94. The van der Waals surface area contributed by atoms with Crippen molar-refractivity contribution in [3.8, 4) is 0 Å². The average Bonchev–Trinajstić information content (AvgIpc) is 2.47. The number of hydrogen-bond acceptors (Lipinski definition) is 3. The van der Waals surface area contributed by atoms with Crippen LogP contribution < -0.4 is 5.32 Å². The summed E-state index contributed by atoms with van der Waals surface area (Å²) in [6, 6.07) is 2.54. The predicted molar refractivity (Wildman–Crippen MR) is 76.1 cm³/mol. The Kier molecular flexibility index (Phi) is 5.07. The molecule has 0 unspecified atom stereocenters. The largest absolute Gasteiger partial charge is 0.383 e. The minimum Gasteiger partial charge on any atom is -0.383 e. The molecule has 120 valence electrons. The maximum absolute atomic E-state index is 13.6. The third-order valence-electron chi connectivity index (χ3n) is 3.89. The van der Waals surface area contributed by atoms with Crippen molar-refractivity contribution in [2.24, 2.45) is 5.92 Å². The number of likely N-dealkylation sites (tertiary alicyclic amines) is 1. The summed E-state index contributed by atoms with van der Waals surface area (Å²) < 4.78 is 31.6. The topological polar surface area (TPSA) is 58.6 Å². The van der Waals surface area contributed by atoms with Gasteiger partial charge in [0.25, 0.3) is 0 Å². The summed E-state index contributed by atoms with van der Waals surface area (Å²) in [5.74, 6) is -2.52. The van der Waals surface area contributed by atoms with Gasteiger partial charge in [0.15, 0.2) is 0 Å². The molecule has 1 aromatic rings. The van der Waals surface area contributed by atoms with Gasteiger partial charge in [-0.2, -0.15) is 0 Å². The number of rotatable bonds is 4. The maximum atomic E-state index is 13.6. The van der Waals surface area contributed by atoms with Gasteiger partial charge >= 0.3 is 0 Å². The van der Waals surface area contributed by atoms with Crippen molar-refractivity contribution in [3.63, 3.8) is 0 Å². The van der Waals surface area contributed by atoms with E-state index in [-0.39, 0.29) is 24.6 Å². The van der Waals surface area contributed by atoms with Crippen LogP contribution in [0.1, 0.15) is 12.8 Å². The van der Waals surface area contributed by atoms with Gasteiger partial charge in [-0.1, -0.05) is 0 Å². The van der Waals surface area contributed by atoms with Crippen molar-refractivity contribution < 1.29 is 23.1 Å². The molecule has 7 heteroatoms. The van der Waals surface area contributed by atoms with Crippen molar-refractivity contribution >= 4 is 17.5 Å². The molecule has 1 aliphatic rings. The second-order valence-corrected chi connectivity index (χ2v) is 5.29. The number of likely N-dealkylation sites (N-methyl/N-ethyl adjacent to an activating group) is 1. The lowest BCUT2D eigenvalue weighted by Crippen LogP contribution is -2.52. The van der Waals surface area contributed by atoms with Crippen molar-refractivity contribution in [2.45, 2.75) is 18.9 Å². The van der Waals surface area contributed by atoms with Crippen LogP contribution in [0.3, 0.4) is 0 Å². The standard InChI is InChI=1S/C15H18F2N2O3/c1-19-13(8-22-2)10(4-6-14(19)20)15(21)18-12-5-3-9(16)7-11(12)17/h3,5,7,10,13H,4,6,8H2,1-2H3,(H,18,21)/t10-,13-/m1/s1. The lowest BCUT2D eigenvalue weighted by atomic mass is 9.88. The second-order valence-electron chi connectivity index (χ2n) is 5.29. The van der Waals surface area contributed by atoms with Gasteiger partial charge in [-0.15, -0.1) is 0 Å². The Morgan fingerprint density at radius 3 is 2.82 bits per heavy atom. The molecule has 1 aliphatic heterocycles. The highest BCUT2D eigenvalue weighted by atomic mass is 19.1. The summed E-state index contributed by atoms with van der Waals surface area (Å²) in [6.45, 7) is 0.215. The SMILES string of the molecule is COC[C@@H]1[C@H](C(=O)Nc2ccc(F)cc2F)CCC(=O)N1C. The van der Waals surface area contributed by atoms with Gasteiger partial charge in [-0.05, 0) is 18.6 Å². The van der Waals surface area contributed by atoms with Gasteiger partial charge in [0.05, 0.1) is 24.3 Å². The normalized spacial score (nSPS) is 21.8. The predicted octanol–water partition coefficient (Wildman–Crippen LogP) is 1.79. The van der Waals surface area contributed by atoms with Crippen molar-refractivity contribution in [3.05, 3.63) is 29.8 Å². The van der Waals surface area contributed by atoms with Crippen LogP contribution in [-0.2, 0) is 14.3 Å². The number of halogens is 2. The minimum atomic E-state index is -0.836. The summed E-state index contributed by atoms with van der Waals surface area (Å²) in [5, 5.41) is 2.46. The van der Waals surface area contributed by atoms with Crippen molar-refractivity contribution in [2.75, 3.05) is 26.1 Å². The fourth-order valence-electron chi connectivity index (χ4n) is 2.62. The van der Waals surface area contributed by atoms with Gasteiger partial charge < -0.3 is 15.0 Å². The molecule has 1 saturated heterocycles. The molecule has 1 heterocycles. The van der Waals surface area contributed by atoms with Gasteiger partial charge in [0.1, 0.15) is 11.6 Å². The van der Waals surface area contributed by atoms with Crippen LogP contribution in [0.5, 0.6) is 0 Å². The number of nitrogens with one attached hydrogen (secondary N) is 1. The van der Waals surface area contributed by atoms with Gasteiger partial charge in [-0.25, -0.2) is 8.78 Å². The fraction of sp³-hybridized carbons (Fsp3) is 0.467. The summed E-state index contributed by atoms with van der Waals surface area (Å²) in [4.78, 5) is 25.6. The average molecular weight is 312 g/mol. The van der Waals surface area contributed by atoms with Gasteiger partial charge in [0.2, 0.25) is 11.8 Å². The molecule has 22 heavy (non-hydrogen) atoms. The Morgan fingerprint density at radius 2 is 2.18 bits per heavy atom. The van der Waals surface area contributed by atoms with Crippen LogP contribution in [0.4, 0.5) is 14.5 Å². The van der Waals surface area contributed by atoms with E-state index in [2.05, 4.69) is 5.32 Å². The molecule has 1 fully saturated rings. The summed E-state index contributed by atoms with van der Waals surface area (Å²) in [7, 11) is 3.10. The number of nitrogens with zero attached hydrogens (tertiary/aromatic N) is 1. The second kappa shape index (κ2) is 6.83. The lowest BCUT2D eigenvalue weighted by Gasteiger charge is -2.37. The van der Waals surface area contributed by atoms with Crippen LogP contribution in [0.2, 0.25) is 0 Å². The van der Waals surface area contributed by atoms with E-state index in [9.17, 15) is 18.4 Å². The number of piperidine rings is 1. The smallest absolute Gasteiger partial charge is 0.229 e. The molecule has 0 aromatic heterocycles. The molecule has 2 atom stereocenters. The fourth-order valence-corrected chi connectivity index (χ4v) is 2.62. The van der Waals surface area contributed by atoms with Crippen LogP contribution in [-0.4, -0.2) is 43.5 Å². The molecule has 0 radical (unpaired) electrons. The number of anilines is 1. The highest BCUT2D eigenvalue weighted by Crippen LogP contribution is 2.26. The zero-order chi connectivity index (χ0) is 16.3. The Labute approximate surface area is 127 Å². The summed E-state index contributed by atoms with van der Waals surface area (Å²) >= 11 is 0. The Morgan fingerprint density at radius 1 is 1.45 bits per heavy atom. The summed E-state index contributed by atoms with van der Waals surface area (Å²) in [5.41, 5.74) is -0.0814. The quantitative estimate of drug-likeness (QED) is 0.922. The number of ether oxygens (including phenoxy) is 1. The third kappa shape index (κ3) is 3.41. The lowest BCUT2D eigenvalue weighted by molar-refractivity contribution is -0.141. The number of carbonyl (C=O) groups is 2. The van der Waals surface area contributed by atoms with Crippen molar-refractivity contribution in [1.82, 2.24) is 4.90 Å². The number of carbonyl (C=O) groups excluding carboxylic acids is 2. The van der Waals surface area contributed by atoms with E-state index in [0.29, 0.717) is 12.5 Å². The monoisotopic (exact) mass is 312 g/mol. The molecular formula is C15H18F2N2O3. The van der Waals surface area contributed by atoms with Gasteiger partial charge in [0, 0.05) is 26.6 Å². The highest BCUT2D eigenvalue weighted by Gasteiger charge is 2.38. The molecule has 5 nitrogen and oxygen atoms in total. The van der Waals surface area contributed by atoms with Crippen LogP contribution in [0.25, 0.3) is 0 Å². The summed E-state index contributed by atoms with van der Waals surface area (Å²) in [6.07, 6.45) is 0.618. The number of amides is 2. The van der Waals surface area contributed by atoms with Crippen LogP contribution >= 0.6 is 0 Å². The first-order valence-corrected chi connectivity index (χ1v) is 6.94. The van der Waals surface area contributed by atoms with Crippen LogP contribution in [0, 0.1) is 17.6 Å². The van der Waals surface area contributed by atoms with E-state index in [1.807, 2.05) is 0 Å². The van der Waals surface area contributed by atoms with E-state index in [1.54, 1.807) is 7.05 Å². The molecule has 0 aliphatic carbocycles. The zero-order valence-electron chi connectivity index (χ0n) is 12.4.